The fourth-order valence-corrected chi connectivity index (χ4v) is 2.69. The molecule has 0 saturated carbocycles. The quantitative estimate of drug-likeness (QED) is 0.543. The molecule has 0 saturated heterocycles. The molecule has 6 heteroatoms. The fourth-order valence-electron chi connectivity index (χ4n) is 1.96. The van der Waals surface area contributed by atoms with Crippen LogP contribution >= 0.6 is 11.8 Å². The molecule has 0 aliphatic carbocycles. The first-order valence-electron chi connectivity index (χ1n) is 6.21. The standard InChI is InChI=1S/C14H12N2O3S/c1-2-18-12(17)8-20-14-13-10(7-15-16-14)9-5-3-4-6-11(9)19-13/h3-7H,2,8H2,1H3. The average Bonchev–Trinajstić information content (AvgIpc) is 2.84. The lowest BCUT2D eigenvalue weighted by Gasteiger charge is -2.01. The van der Waals surface area contributed by atoms with Crippen LogP contribution in [-0.2, 0) is 9.53 Å². The van der Waals surface area contributed by atoms with Crippen LogP contribution in [0.1, 0.15) is 6.92 Å². The molecule has 0 amide bonds. The molecule has 0 aliphatic heterocycles. The largest absolute Gasteiger partial charge is 0.465 e. The number of aromatic nitrogens is 2. The molecular formula is C14H12N2O3S. The highest BCUT2D eigenvalue weighted by Gasteiger charge is 2.14. The maximum atomic E-state index is 11.4. The molecule has 0 radical (unpaired) electrons. The van der Waals surface area contributed by atoms with Gasteiger partial charge in [0.15, 0.2) is 10.6 Å². The van der Waals surface area contributed by atoms with E-state index < -0.39 is 0 Å². The Balaban J connectivity index is 1.97. The van der Waals surface area contributed by atoms with Gasteiger partial charge in [-0.25, -0.2) is 0 Å². The second-order valence-electron chi connectivity index (χ2n) is 4.08. The topological polar surface area (TPSA) is 65.2 Å². The lowest BCUT2D eigenvalue weighted by atomic mass is 10.2. The van der Waals surface area contributed by atoms with Crippen LogP contribution in [0.15, 0.2) is 39.9 Å². The van der Waals surface area contributed by atoms with E-state index in [1.54, 1.807) is 13.1 Å². The zero-order valence-corrected chi connectivity index (χ0v) is 11.6. The summed E-state index contributed by atoms with van der Waals surface area (Å²) in [7, 11) is 0. The Morgan fingerprint density at radius 1 is 1.35 bits per heavy atom. The van der Waals surface area contributed by atoms with Crippen molar-refractivity contribution in [3.05, 3.63) is 30.5 Å². The van der Waals surface area contributed by atoms with E-state index in [2.05, 4.69) is 10.2 Å². The van der Waals surface area contributed by atoms with E-state index in [0.29, 0.717) is 17.2 Å². The third-order valence-corrected chi connectivity index (χ3v) is 3.72. The number of fused-ring (bicyclic) bond motifs is 3. The molecule has 20 heavy (non-hydrogen) atoms. The summed E-state index contributed by atoms with van der Waals surface area (Å²) in [6.07, 6.45) is 1.68. The minimum atomic E-state index is -0.271. The van der Waals surface area contributed by atoms with Gasteiger partial charge in [0, 0.05) is 5.39 Å². The van der Waals surface area contributed by atoms with Gasteiger partial charge in [-0.05, 0) is 13.0 Å². The van der Waals surface area contributed by atoms with Crippen LogP contribution in [0.5, 0.6) is 0 Å². The van der Waals surface area contributed by atoms with Gasteiger partial charge in [0.1, 0.15) is 5.58 Å². The van der Waals surface area contributed by atoms with Crippen LogP contribution in [0.2, 0.25) is 0 Å². The Bertz CT molecular complexity index is 769. The SMILES string of the molecule is CCOC(=O)CSc1nncc2c1oc1ccccc12. The number of carbonyl (C=O) groups is 1. The van der Waals surface area contributed by atoms with Gasteiger partial charge in [-0.2, -0.15) is 5.10 Å². The predicted octanol–water partition coefficient (Wildman–Crippen LogP) is 3.03. The number of para-hydroxylation sites is 1. The number of ether oxygens (including phenoxy) is 1. The van der Waals surface area contributed by atoms with Gasteiger partial charge in [0.25, 0.3) is 0 Å². The first kappa shape index (κ1) is 12.9. The van der Waals surface area contributed by atoms with Crippen molar-refractivity contribution in [1.82, 2.24) is 10.2 Å². The second-order valence-corrected chi connectivity index (χ2v) is 5.05. The van der Waals surface area contributed by atoms with Crippen molar-refractivity contribution in [2.75, 3.05) is 12.4 Å². The maximum absolute atomic E-state index is 11.4. The third-order valence-electron chi connectivity index (χ3n) is 2.80. The highest BCUT2D eigenvalue weighted by atomic mass is 32.2. The molecule has 5 nitrogen and oxygen atoms in total. The summed E-state index contributed by atoms with van der Waals surface area (Å²) >= 11 is 1.27. The van der Waals surface area contributed by atoms with Crippen molar-refractivity contribution >= 4 is 39.7 Å². The van der Waals surface area contributed by atoms with Crippen LogP contribution < -0.4 is 0 Å². The molecule has 102 valence electrons. The number of hydrogen-bond acceptors (Lipinski definition) is 6. The van der Waals surface area contributed by atoms with Crippen molar-refractivity contribution in [3.8, 4) is 0 Å². The Labute approximate surface area is 119 Å². The molecular weight excluding hydrogens is 276 g/mol. The Morgan fingerprint density at radius 2 is 2.20 bits per heavy atom. The van der Waals surface area contributed by atoms with Gasteiger partial charge < -0.3 is 9.15 Å². The van der Waals surface area contributed by atoms with Crippen LogP contribution in [0.3, 0.4) is 0 Å². The summed E-state index contributed by atoms with van der Waals surface area (Å²) in [5.74, 6) is -0.0778. The molecule has 0 N–H and O–H groups in total. The van der Waals surface area contributed by atoms with Crippen LogP contribution in [0.4, 0.5) is 0 Å². The second kappa shape index (κ2) is 5.50. The molecule has 0 fully saturated rings. The molecule has 2 heterocycles. The number of carbonyl (C=O) groups excluding carboxylic acids is 1. The molecule has 0 unspecified atom stereocenters. The molecule has 0 atom stereocenters. The van der Waals surface area contributed by atoms with Gasteiger partial charge in [-0.1, -0.05) is 30.0 Å². The highest BCUT2D eigenvalue weighted by molar-refractivity contribution is 8.00. The van der Waals surface area contributed by atoms with Gasteiger partial charge in [-0.15, -0.1) is 5.10 Å². The van der Waals surface area contributed by atoms with Gasteiger partial charge in [-0.3, -0.25) is 4.79 Å². The highest BCUT2D eigenvalue weighted by Crippen LogP contribution is 2.32. The van der Waals surface area contributed by atoms with Crippen molar-refractivity contribution in [1.29, 1.82) is 0 Å². The van der Waals surface area contributed by atoms with Crippen molar-refractivity contribution < 1.29 is 13.9 Å². The van der Waals surface area contributed by atoms with E-state index in [1.807, 2.05) is 24.3 Å². The van der Waals surface area contributed by atoms with E-state index in [9.17, 15) is 4.79 Å². The molecule has 0 aliphatic rings. The number of nitrogens with zero attached hydrogens (tertiary/aromatic N) is 2. The average molecular weight is 288 g/mol. The van der Waals surface area contributed by atoms with Crippen molar-refractivity contribution in [2.24, 2.45) is 0 Å². The smallest absolute Gasteiger partial charge is 0.316 e. The predicted molar refractivity (Wildman–Crippen MR) is 76.7 cm³/mol. The molecule has 0 bridgehead atoms. The summed E-state index contributed by atoms with van der Waals surface area (Å²) in [6, 6.07) is 7.73. The number of thioether (sulfide) groups is 1. The van der Waals surface area contributed by atoms with Crippen molar-refractivity contribution in [2.45, 2.75) is 11.9 Å². The number of rotatable bonds is 4. The monoisotopic (exact) mass is 288 g/mol. The maximum Gasteiger partial charge on any atom is 0.316 e. The van der Waals surface area contributed by atoms with Gasteiger partial charge in [0.2, 0.25) is 0 Å². The van der Waals surface area contributed by atoms with E-state index in [0.717, 1.165) is 16.4 Å². The van der Waals surface area contributed by atoms with Crippen LogP contribution in [0, 0.1) is 0 Å². The van der Waals surface area contributed by atoms with Gasteiger partial charge >= 0.3 is 5.97 Å². The van der Waals surface area contributed by atoms with E-state index in [4.69, 9.17) is 9.15 Å². The summed E-state index contributed by atoms with van der Waals surface area (Å²) < 4.78 is 10.7. The zero-order valence-electron chi connectivity index (χ0n) is 10.8. The Hall–Kier alpha value is -2.08. The number of benzene rings is 1. The number of furan rings is 1. The molecule has 2 aromatic heterocycles. The lowest BCUT2D eigenvalue weighted by Crippen LogP contribution is -2.06. The normalized spacial score (nSPS) is 11.1. The minimum Gasteiger partial charge on any atom is -0.465 e. The van der Waals surface area contributed by atoms with E-state index in [1.165, 1.54) is 11.8 Å². The van der Waals surface area contributed by atoms with Crippen molar-refractivity contribution in [3.63, 3.8) is 0 Å². The molecule has 1 aromatic carbocycles. The van der Waals surface area contributed by atoms with Crippen LogP contribution in [-0.4, -0.2) is 28.5 Å². The first-order valence-corrected chi connectivity index (χ1v) is 7.19. The first-order chi connectivity index (χ1) is 9.79. The summed E-state index contributed by atoms with van der Waals surface area (Å²) in [5, 5.41) is 10.5. The van der Waals surface area contributed by atoms with E-state index in [-0.39, 0.29) is 11.7 Å². The summed E-state index contributed by atoms with van der Waals surface area (Å²) in [5.41, 5.74) is 1.45. The number of hydrogen-bond donors (Lipinski definition) is 0. The molecule has 3 aromatic rings. The van der Waals surface area contributed by atoms with Gasteiger partial charge in [0.05, 0.1) is 23.9 Å². The lowest BCUT2D eigenvalue weighted by molar-refractivity contribution is -0.139. The van der Waals surface area contributed by atoms with E-state index >= 15 is 0 Å². The zero-order chi connectivity index (χ0) is 13.9. The Kier molecular flexibility index (Phi) is 3.56. The summed E-state index contributed by atoms with van der Waals surface area (Å²) in [4.78, 5) is 11.4. The minimum absolute atomic E-state index is 0.193. The molecule has 0 spiro atoms. The van der Waals surface area contributed by atoms with Crippen LogP contribution in [0.25, 0.3) is 21.9 Å². The number of esters is 1. The molecule has 3 rings (SSSR count). The summed E-state index contributed by atoms with van der Waals surface area (Å²) in [6.45, 7) is 2.16. The third kappa shape index (κ3) is 2.34. The Morgan fingerprint density at radius 3 is 3.05 bits per heavy atom. The fraction of sp³-hybridized carbons (Fsp3) is 0.214.